The van der Waals surface area contributed by atoms with Crippen molar-refractivity contribution in [2.45, 2.75) is 20.3 Å². The summed E-state index contributed by atoms with van der Waals surface area (Å²) in [5.74, 6) is -0.259. The third-order valence-corrected chi connectivity index (χ3v) is 3.46. The van der Waals surface area contributed by atoms with Crippen LogP contribution in [0.1, 0.15) is 23.6 Å². The van der Waals surface area contributed by atoms with Crippen molar-refractivity contribution >= 4 is 12.0 Å². The predicted molar refractivity (Wildman–Crippen MR) is 84.6 cm³/mol. The van der Waals surface area contributed by atoms with Crippen LogP contribution in [0.25, 0.3) is 0 Å². The number of hydrogen-bond acceptors (Lipinski definition) is 2. The van der Waals surface area contributed by atoms with Gasteiger partial charge in [-0.25, -0.2) is 9.38 Å². The highest BCUT2D eigenvalue weighted by molar-refractivity contribution is 5.64. The van der Waals surface area contributed by atoms with Gasteiger partial charge in [0.15, 0.2) is 0 Å². The summed E-state index contributed by atoms with van der Waals surface area (Å²) in [6, 6.07) is 6.93. The highest BCUT2D eigenvalue weighted by Gasteiger charge is 2.08. The molecule has 0 radical (unpaired) electrons. The van der Waals surface area contributed by atoms with Crippen LogP contribution < -0.4 is 0 Å². The average Bonchev–Trinajstić information content (AvgIpc) is 2.49. The summed E-state index contributed by atoms with van der Waals surface area (Å²) >= 11 is 0. The van der Waals surface area contributed by atoms with Gasteiger partial charge in [-0.3, -0.25) is 4.98 Å². The summed E-state index contributed by atoms with van der Waals surface area (Å²) in [7, 11) is 1.94. The van der Waals surface area contributed by atoms with Crippen molar-refractivity contribution in [3.8, 4) is 0 Å². The van der Waals surface area contributed by atoms with Crippen molar-refractivity contribution in [2.75, 3.05) is 13.6 Å². The van der Waals surface area contributed by atoms with E-state index in [0.717, 1.165) is 23.2 Å². The first-order valence-electron chi connectivity index (χ1n) is 7.02. The van der Waals surface area contributed by atoms with Crippen LogP contribution in [-0.2, 0) is 6.42 Å². The standard InChI is InChI=1S/C17H20FN3/c1-4-21(3)12-20-17-10-16(18)9-15(13(17)2)8-14-6-5-7-19-11-14/h5-7,9-12H,4,8H2,1-3H3/b20-12+. The Morgan fingerprint density at radius 1 is 1.38 bits per heavy atom. The Hall–Kier alpha value is -2.23. The number of aromatic nitrogens is 1. The minimum Gasteiger partial charge on any atom is -0.366 e. The molecule has 2 rings (SSSR count). The number of benzene rings is 1. The summed E-state index contributed by atoms with van der Waals surface area (Å²) in [5, 5.41) is 0. The molecule has 0 unspecified atom stereocenters. The maximum absolute atomic E-state index is 13.8. The third kappa shape index (κ3) is 4.12. The SMILES string of the molecule is CCN(C)/C=N/c1cc(F)cc(Cc2cccnc2)c1C. The molecule has 3 nitrogen and oxygen atoms in total. The molecule has 0 spiro atoms. The van der Waals surface area contributed by atoms with Gasteiger partial charge in [0.2, 0.25) is 0 Å². The molecule has 4 heteroatoms. The van der Waals surface area contributed by atoms with Gasteiger partial charge in [0, 0.05) is 26.0 Å². The molecule has 0 aliphatic rings. The summed E-state index contributed by atoms with van der Waals surface area (Å²) in [4.78, 5) is 10.4. The van der Waals surface area contributed by atoms with Crippen LogP contribution in [0.15, 0.2) is 41.7 Å². The Morgan fingerprint density at radius 3 is 2.86 bits per heavy atom. The number of rotatable bonds is 5. The minimum absolute atomic E-state index is 0.259. The lowest BCUT2D eigenvalue weighted by molar-refractivity contribution is 0.552. The van der Waals surface area contributed by atoms with Gasteiger partial charge in [-0.1, -0.05) is 6.07 Å². The maximum atomic E-state index is 13.8. The lowest BCUT2D eigenvalue weighted by atomic mass is 10.00. The van der Waals surface area contributed by atoms with Gasteiger partial charge in [0.1, 0.15) is 5.82 Å². The first-order valence-corrected chi connectivity index (χ1v) is 7.02. The molecule has 0 amide bonds. The number of aliphatic imine (C=N–C) groups is 1. The topological polar surface area (TPSA) is 28.5 Å². The molecule has 1 heterocycles. The average molecular weight is 285 g/mol. The van der Waals surface area contributed by atoms with E-state index in [-0.39, 0.29) is 5.82 Å². The molecule has 0 aliphatic carbocycles. The zero-order valence-corrected chi connectivity index (χ0v) is 12.7. The zero-order valence-electron chi connectivity index (χ0n) is 12.7. The predicted octanol–water partition coefficient (Wildman–Crippen LogP) is 3.73. The number of hydrogen-bond donors (Lipinski definition) is 0. The Morgan fingerprint density at radius 2 is 2.19 bits per heavy atom. The van der Waals surface area contributed by atoms with Gasteiger partial charge < -0.3 is 4.90 Å². The van der Waals surface area contributed by atoms with E-state index in [2.05, 4.69) is 9.98 Å². The van der Waals surface area contributed by atoms with E-state index in [4.69, 9.17) is 0 Å². The fraction of sp³-hybridized carbons (Fsp3) is 0.294. The van der Waals surface area contributed by atoms with Crippen molar-refractivity contribution in [3.05, 3.63) is 59.2 Å². The van der Waals surface area contributed by atoms with Crippen molar-refractivity contribution in [1.29, 1.82) is 0 Å². The van der Waals surface area contributed by atoms with E-state index in [1.807, 2.05) is 37.9 Å². The Balaban J connectivity index is 2.30. The third-order valence-electron chi connectivity index (χ3n) is 3.46. The van der Waals surface area contributed by atoms with E-state index < -0.39 is 0 Å². The maximum Gasteiger partial charge on any atom is 0.125 e. The van der Waals surface area contributed by atoms with Crippen LogP contribution in [0.3, 0.4) is 0 Å². The molecule has 0 saturated carbocycles. The van der Waals surface area contributed by atoms with Gasteiger partial charge in [-0.15, -0.1) is 0 Å². The summed E-state index contributed by atoms with van der Waals surface area (Å²) < 4.78 is 13.8. The molecule has 0 fully saturated rings. The number of halogens is 1. The highest BCUT2D eigenvalue weighted by Crippen LogP contribution is 2.25. The van der Waals surface area contributed by atoms with Crippen molar-refractivity contribution < 1.29 is 4.39 Å². The van der Waals surface area contributed by atoms with Crippen LogP contribution >= 0.6 is 0 Å². The van der Waals surface area contributed by atoms with Crippen LogP contribution in [0.4, 0.5) is 10.1 Å². The molecule has 0 bridgehead atoms. The monoisotopic (exact) mass is 285 g/mol. The minimum atomic E-state index is -0.259. The molecule has 0 aliphatic heterocycles. The van der Waals surface area contributed by atoms with Crippen molar-refractivity contribution in [3.63, 3.8) is 0 Å². The fourth-order valence-corrected chi connectivity index (χ4v) is 2.00. The molecule has 1 aromatic heterocycles. The fourth-order valence-electron chi connectivity index (χ4n) is 2.00. The van der Waals surface area contributed by atoms with E-state index >= 15 is 0 Å². The Kier molecular flexibility index (Phi) is 5.04. The smallest absolute Gasteiger partial charge is 0.125 e. The molecule has 110 valence electrons. The quantitative estimate of drug-likeness (QED) is 0.618. The second-order valence-corrected chi connectivity index (χ2v) is 5.06. The van der Waals surface area contributed by atoms with Gasteiger partial charge in [0.25, 0.3) is 0 Å². The number of nitrogens with zero attached hydrogens (tertiary/aromatic N) is 3. The van der Waals surface area contributed by atoms with E-state index in [9.17, 15) is 4.39 Å². The van der Waals surface area contributed by atoms with Crippen LogP contribution in [-0.4, -0.2) is 29.8 Å². The van der Waals surface area contributed by atoms with E-state index in [1.165, 1.54) is 6.07 Å². The normalized spacial score (nSPS) is 11.0. The van der Waals surface area contributed by atoms with Gasteiger partial charge in [-0.05, 0) is 55.2 Å². The second kappa shape index (κ2) is 6.97. The van der Waals surface area contributed by atoms with Crippen molar-refractivity contribution in [1.82, 2.24) is 9.88 Å². The summed E-state index contributed by atoms with van der Waals surface area (Å²) in [6.07, 6.45) is 5.93. The first-order chi connectivity index (χ1) is 10.1. The van der Waals surface area contributed by atoms with E-state index in [0.29, 0.717) is 12.1 Å². The van der Waals surface area contributed by atoms with Gasteiger partial charge >= 0.3 is 0 Å². The Labute approximate surface area is 125 Å². The van der Waals surface area contributed by atoms with Crippen LogP contribution in [0.5, 0.6) is 0 Å². The van der Waals surface area contributed by atoms with Crippen molar-refractivity contribution in [2.24, 2.45) is 4.99 Å². The van der Waals surface area contributed by atoms with Crippen LogP contribution in [0.2, 0.25) is 0 Å². The lowest BCUT2D eigenvalue weighted by Gasteiger charge is -2.11. The zero-order chi connectivity index (χ0) is 15.2. The molecule has 0 atom stereocenters. The molecule has 21 heavy (non-hydrogen) atoms. The number of pyridine rings is 1. The molecule has 1 aromatic carbocycles. The van der Waals surface area contributed by atoms with Gasteiger partial charge in [0.05, 0.1) is 12.0 Å². The molecular weight excluding hydrogens is 265 g/mol. The van der Waals surface area contributed by atoms with Gasteiger partial charge in [-0.2, -0.15) is 0 Å². The van der Waals surface area contributed by atoms with E-state index in [1.54, 1.807) is 24.8 Å². The first kappa shape index (κ1) is 15.2. The molecule has 0 N–H and O–H groups in total. The second-order valence-electron chi connectivity index (χ2n) is 5.06. The lowest BCUT2D eigenvalue weighted by Crippen LogP contribution is -2.14. The highest BCUT2D eigenvalue weighted by atomic mass is 19.1. The largest absolute Gasteiger partial charge is 0.366 e. The Bertz CT molecular complexity index is 623. The molecule has 2 aromatic rings. The molecular formula is C17H20FN3. The summed E-state index contributed by atoms with van der Waals surface area (Å²) in [5.41, 5.74) is 3.68. The summed E-state index contributed by atoms with van der Waals surface area (Å²) in [6.45, 7) is 4.88. The molecule has 0 saturated heterocycles. The van der Waals surface area contributed by atoms with Crippen LogP contribution in [0, 0.1) is 12.7 Å².